The summed E-state index contributed by atoms with van der Waals surface area (Å²) in [6, 6.07) is 11.3. The molecule has 0 aliphatic heterocycles. The van der Waals surface area contributed by atoms with Crippen LogP contribution in [-0.2, 0) is 6.54 Å². The summed E-state index contributed by atoms with van der Waals surface area (Å²) in [4.78, 5) is 0. The average Bonchev–Trinajstić information content (AvgIpc) is 3.05. The molecule has 0 atom stereocenters. The van der Waals surface area contributed by atoms with Crippen molar-refractivity contribution in [2.24, 2.45) is 0 Å². The van der Waals surface area contributed by atoms with E-state index in [2.05, 4.69) is 15.5 Å². The Kier molecular flexibility index (Phi) is 2.47. The zero-order valence-corrected chi connectivity index (χ0v) is 9.47. The average molecular weight is 238 g/mol. The number of hydrogen-bond acceptors (Lipinski definition) is 4. The maximum absolute atomic E-state index is 8.67. The molecule has 0 aliphatic carbocycles. The summed E-state index contributed by atoms with van der Waals surface area (Å²) in [7, 11) is 0. The van der Waals surface area contributed by atoms with Crippen LogP contribution in [0, 0.1) is 11.3 Å². The van der Waals surface area contributed by atoms with Gasteiger partial charge in [-0.1, -0.05) is 6.07 Å². The number of aromatic amines is 1. The van der Waals surface area contributed by atoms with Gasteiger partial charge in [-0.25, -0.2) is 0 Å². The predicted octanol–water partition coefficient (Wildman–Crippen LogP) is 2.64. The van der Waals surface area contributed by atoms with Gasteiger partial charge >= 0.3 is 0 Å². The number of benzene rings is 1. The Balaban J connectivity index is 1.81. The van der Waals surface area contributed by atoms with Crippen LogP contribution in [0.3, 0.4) is 0 Å². The molecular weight excluding hydrogens is 228 g/mol. The van der Waals surface area contributed by atoms with Crippen molar-refractivity contribution in [1.29, 1.82) is 5.26 Å². The lowest BCUT2D eigenvalue weighted by Gasteiger charge is -2.05. The zero-order chi connectivity index (χ0) is 12.4. The lowest BCUT2D eigenvalue weighted by Crippen LogP contribution is -1.98. The molecule has 0 bridgehead atoms. The molecule has 0 radical (unpaired) electrons. The van der Waals surface area contributed by atoms with Crippen molar-refractivity contribution in [1.82, 2.24) is 10.2 Å². The van der Waals surface area contributed by atoms with Crippen LogP contribution in [0.1, 0.15) is 11.5 Å². The van der Waals surface area contributed by atoms with Crippen LogP contribution in [0.15, 0.2) is 40.9 Å². The van der Waals surface area contributed by atoms with Crippen molar-refractivity contribution in [3.05, 3.63) is 48.0 Å². The molecule has 2 heterocycles. The first-order chi connectivity index (χ1) is 8.86. The van der Waals surface area contributed by atoms with Gasteiger partial charge in [0.1, 0.15) is 11.8 Å². The van der Waals surface area contributed by atoms with Crippen LogP contribution >= 0.6 is 0 Å². The molecule has 1 aromatic carbocycles. The second-order valence-corrected chi connectivity index (χ2v) is 3.87. The van der Waals surface area contributed by atoms with E-state index in [4.69, 9.17) is 9.68 Å². The molecule has 5 heteroatoms. The van der Waals surface area contributed by atoms with Crippen LogP contribution in [-0.4, -0.2) is 10.2 Å². The van der Waals surface area contributed by atoms with Gasteiger partial charge in [-0.15, -0.1) is 0 Å². The van der Waals surface area contributed by atoms with Gasteiger partial charge in [0.25, 0.3) is 0 Å². The molecule has 3 rings (SSSR count). The van der Waals surface area contributed by atoms with Gasteiger partial charge in [0, 0.05) is 11.1 Å². The van der Waals surface area contributed by atoms with E-state index in [-0.39, 0.29) is 0 Å². The van der Waals surface area contributed by atoms with E-state index in [1.807, 2.05) is 24.3 Å². The molecule has 2 N–H and O–H groups in total. The number of H-pyrrole nitrogens is 1. The third-order valence-electron chi connectivity index (χ3n) is 2.71. The molecule has 88 valence electrons. The summed E-state index contributed by atoms with van der Waals surface area (Å²) in [5.74, 6) is 1.06. The first kappa shape index (κ1) is 10.4. The fourth-order valence-corrected chi connectivity index (χ4v) is 1.84. The highest BCUT2D eigenvalue weighted by molar-refractivity contribution is 5.90. The van der Waals surface area contributed by atoms with E-state index < -0.39 is 0 Å². The van der Waals surface area contributed by atoms with Gasteiger partial charge in [-0.05, 0) is 24.3 Å². The van der Waals surface area contributed by atoms with Crippen molar-refractivity contribution in [2.45, 2.75) is 6.54 Å². The number of nitriles is 1. The maximum Gasteiger partial charge on any atom is 0.203 e. The number of fused-ring (bicyclic) bond motifs is 1. The molecule has 0 fully saturated rings. The molecule has 18 heavy (non-hydrogen) atoms. The first-order valence-corrected chi connectivity index (χ1v) is 5.51. The number of furan rings is 1. The fourth-order valence-electron chi connectivity index (χ4n) is 1.84. The third kappa shape index (κ3) is 1.80. The summed E-state index contributed by atoms with van der Waals surface area (Å²) in [6.07, 6.45) is 1.78. The molecular formula is C13H10N4O. The Hall–Kier alpha value is -2.74. The van der Waals surface area contributed by atoms with Gasteiger partial charge in [-0.2, -0.15) is 10.4 Å². The molecule has 5 nitrogen and oxygen atoms in total. The van der Waals surface area contributed by atoms with Gasteiger partial charge < -0.3 is 9.73 Å². The van der Waals surface area contributed by atoms with E-state index in [1.165, 1.54) is 0 Å². The lowest BCUT2D eigenvalue weighted by atomic mass is 10.2. The van der Waals surface area contributed by atoms with Crippen molar-refractivity contribution < 1.29 is 4.42 Å². The molecule has 3 aromatic rings. The Bertz CT molecular complexity index is 720. The number of aromatic nitrogens is 2. The smallest absolute Gasteiger partial charge is 0.203 e. The first-order valence-electron chi connectivity index (χ1n) is 5.51. The van der Waals surface area contributed by atoms with E-state index in [0.717, 1.165) is 22.4 Å². The Morgan fingerprint density at radius 3 is 3.11 bits per heavy atom. The highest BCUT2D eigenvalue weighted by Crippen LogP contribution is 2.21. The number of rotatable bonds is 3. The fraction of sp³-hybridized carbons (Fsp3) is 0.0769. The van der Waals surface area contributed by atoms with Crippen LogP contribution in [0.2, 0.25) is 0 Å². The molecule has 0 aliphatic rings. The number of hydrogen-bond donors (Lipinski definition) is 2. The van der Waals surface area contributed by atoms with Crippen molar-refractivity contribution >= 4 is 16.6 Å². The SMILES string of the molecule is N#Cc1ccc(CNc2cccc3[nH]ncc23)o1. The molecule has 2 aromatic heterocycles. The summed E-state index contributed by atoms with van der Waals surface area (Å²) in [5, 5.41) is 19.9. The maximum atomic E-state index is 8.67. The van der Waals surface area contributed by atoms with Gasteiger partial charge in [-0.3, -0.25) is 5.10 Å². The predicted molar refractivity (Wildman–Crippen MR) is 66.8 cm³/mol. The molecule has 0 spiro atoms. The monoisotopic (exact) mass is 238 g/mol. The number of nitrogens with zero attached hydrogens (tertiary/aromatic N) is 2. The van der Waals surface area contributed by atoms with Crippen LogP contribution in [0.25, 0.3) is 10.9 Å². The van der Waals surface area contributed by atoms with E-state index >= 15 is 0 Å². The van der Waals surface area contributed by atoms with Gasteiger partial charge in [0.15, 0.2) is 0 Å². The minimum absolute atomic E-state index is 0.327. The zero-order valence-electron chi connectivity index (χ0n) is 9.47. The molecule has 0 unspecified atom stereocenters. The molecule has 0 saturated carbocycles. The molecule has 0 saturated heterocycles. The van der Waals surface area contributed by atoms with Crippen LogP contribution in [0.4, 0.5) is 5.69 Å². The minimum atomic E-state index is 0.327. The number of nitrogens with one attached hydrogen (secondary N) is 2. The normalized spacial score (nSPS) is 10.4. The summed E-state index contributed by atoms with van der Waals surface area (Å²) < 4.78 is 5.30. The van der Waals surface area contributed by atoms with E-state index in [0.29, 0.717) is 12.3 Å². The third-order valence-corrected chi connectivity index (χ3v) is 2.71. The number of anilines is 1. The highest BCUT2D eigenvalue weighted by atomic mass is 16.3. The summed E-state index contributed by atoms with van der Waals surface area (Å²) in [5.41, 5.74) is 1.97. The Labute approximate surface area is 103 Å². The van der Waals surface area contributed by atoms with Crippen molar-refractivity contribution in [2.75, 3.05) is 5.32 Å². The van der Waals surface area contributed by atoms with Gasteiger partial charge in [0.05, 0.1) is 18.3 Å². The van der Waals surface area contributed by atoms with Crippen molar-refractivity contribution in [3.8, 4) is 6.07 Å². The quantitative estimate of drug-likeness (QED) is 0.735. The van der Waals surface area contributed by atoms with E-state index in [1.54, 1.807) is 18.3 Å². The summed E-state index contributed by atoms with van der Waals surface area (Å²) in [6.45, 7) is 0.534. The second kappa shape index (κ2) is 4.26. The minimum Gasteiger partial charge on any atom is -0.449 e. The van der Waals surface area contributed by atoms with E-state index in [9.17, 15) is 0 Å². The molecule has 0 amide bonds. The van der Waals surface area contributed by atoms with Crippen LogP contribution < -0.4 is 5.32 Å². The topological polar surface area (TPSA) is 77.6 Å². The van der Waals surface area contributed by atoms with Gasteiger partial charge in [0.2, 0.25) is 5.76 Å². The largest absolute Gasteiger partial charge is 0.449 e. The van der Waals surface area contributed by atoms with Crippen LogP contribution in [0.5, 0.6) is 0 Å². The highest BCUT2D eigenvalue weighted by Gasteiger charge is 2.04. The second-order valence-electron chi connectivity index (χ2n) is 3.87. The van der Waals surface area contributed by atoms with Crippen molar-refractivity contribution in [3.63, 3.8) is 0 Å². The summed E-state index contributed by atoms with van der Waals surface area (Å²) >= 11 is 0. The standard InChI is InChI=1S/C13H10N4O/c14-6-9-4-5-10(18-9)7-15-12-2-1-3-13-11(12)8-16-17-13/h1-5,8,15H,7H2,(H,16,17). The Morgan fingerprint density at radius 2 is 2.28 bits per heavy atom. The Morgan fingerprint density at radius 1 is 1.33 bits per heavy atom. The lowest BCUT2D eigenvalue weighted by molar-refractivity contribution is 0.506.